The number of anilines is 1. The molecule has 11 heteroatoms. The number of hydrogen-bond acceptors (Lipinski definition) is 4. The first-order chi connectivity index (χ1) is 22.3. The molecule has 0 aromatic heterocycles. The monoisotopic (exact) mass is 713 g/mol. The van der Waals surface area contributed by atoms with E-state index in [1.54, 1.807) is 49.4 Å². The van der Waals surface area contributed by atoms with E-state index in [-0.39, 0.29) is 40.5 Å². The standard InChI is InChI=1S/C36H38Cl3N3O4S/c1-5-26(4)40-36(44)34(20-27-9-7-6-8-10-27)41(22-28-14-18-31(37)33(39)19-28)35(43)23-42(29-15-13-25(3)32(38)21-29)47(45,46)30-16-11-24(2)12-17-30/h6-19,21,26,34H,5,20,22-23H2,1-4H3,(H,40,44)/t26-,34-/m1/s1. The van der Waals surface area contributed by atoms with Crippen LogP contribution in [0.2, 0.25) is 15.1 Å². The quantitative estimate of drug-likeness (QED) is 0.152. The molecular formula is C36H38Cl3N3O4S. The molecule has 0 unspecified atom stereocenters. The van der Waals surface area contributed by atoms with E-state index >= 15 is 0 Å². The van der Waals surface area contributed by atoms with E-state index in [9.17, 15) is 18.0 Å². The average molecular weight is 715 g/mol. The van der Waals surface area contributed by atoms with Gasteiger partial charge >= 0.3 is 0 Å². The SMILES string of the molecule is CC[C@@H](C)NC(=O)[C@@H](Cc1ccccc1)N(Cc1ccc(Cl)c(Cl)c1)C(=O)CN(c1ccc(C)c(Cl)c1)S(=O)(=O)c1ccc(C)cc1. The van der Waals surface area contributed by atoms with Crippen molar-refractivity contribution < 1.29 is 18.0 Å². The highest BCUT2D eigenvalue weighted by Crippen LogP contribution is 2.30. The van der Waals surface area contributed by atoms with Crippen molar-refractivity contribution in [3.05, 3.63) is 128 Å². The van der Waals surface area contributed by atoms with Crippen molar-refractivity contribution in [2.45, 2.75) is 64.1 Å². The maximum absolute atomic E-state index is 14.6. The molecule has 0 bridgehead atoms. The van der Waals surface area contributed by atoms with Crippen LogP contribution in [0.25, 0.3) is 0 Å². The lowest BCUT2D eigenvalue weighted by molar-refractivity contribution is -0.140. The van der Waals surface area contributed by atoms with Crippen LogP contribution in [0.1, 0.15) is 42.5 Å². The van der Waals surface area contributed by atoms with Gasteiger partial charge in [0.2, 0.25) is 11.8 Å². The first-order valence-electron chi connectivity index (χ1n) is 15.2. The number of benzene rings is 4. The Morgan fingerprint density at radius 1 is 0.809 bits per heavy atom. The number of carbonyl (C=O) groups is 2. The fraction of sp³-hybridized carbons (Fsp3) is 0.278. The molecule has 0 aliphatic heterocycles. The molecule has 0 fully saturated rings. The number of amides is 2. The van der Waals surface area contributed by atoms with Gasteiger partial charge in [0.05, 0.1) is 20.6 Å². The second-order valence-corrected chi connectivity index (χ2v) is 14.6. The third-order valence-electron chi connectivity index (χ3n) is 7.94. The first kappa shape index (κ1) is 36.3. The highest BCUT2D eigenvalue weighted by Gasteiger charge is 2.35. The summed E-state index contributed by atoms with van der Waals surface area (Å²) < 4.78 is 29.5. The Bertz CT molecular complexity index is 1820. The Hall–Kier alpha value is -3.56. The third kappa shape index (κ3) is 9.29. The largest absolute Gasteiger partial charge is 0.352 e. The van der Waals surface area contributed by atoms with Crippen molar-refractivity contribution in [1.29, 1.82) is 0 Å². The third-order valence-corrected chi connectivity index (χ3v) is 10.9. The number of sulfonamides is 1. The van der Waals surface area contributed by atoms with Gasteiger partial charge in [-0.05, 0) is 80.3 Å². The highest BCUT2D eigenvalue weighted by atomic mass is 35.5. The van der Waals surface area contributed by atoms with Gasteiger partial charge in [-0.1, -0.05) is 102 Å². The van der Waals surface area contributed by atoms with Gasteiger partial charge in [0.25, 0.3) is 10.0 Å². The van der Waals surface area contributed by atoms with Crippen molar-refractivity contribution in [1.82, 2.24) is 10.2 Å². The lowest BCUT2D eigenvalue weighted by Crippen LogP contribution is -2.54. The number of nitrogens with one attached hydrogen (secondary N) is 1. The van der Waals surface area contributed by atoms with Crippen molar-refractivity contribution in [3.8, 4) is 0 Å². The summed E-state index contributed by atoms with van der Waals surface area (Å²) in [4.78, 5) is 30.0. The summed E-state index contributed by atoms with van der Waals surface area (Å²) in [6.45, 7) is 6.87. The van der Waals surface area contributed by atoms with Crippen LogP contribution in [0.3, 0.4) is 0 Å². The lowest BCUT2D eigenvalue weighted by atomic mass is 10.0. The average Bonchev–Trinajstić information content (AvgIpc) is 3.05. The van der Waals surface area contributed by atoms with Gasteiger partial charge in [0.15, 0.2) is 0 Å². The van der Waals surface area contributed by atoms with Crippen LogP contribution in [0.5, 0.6) is 0 Å². The highest BCUT2D eigenvalue weighted by molar-refractivity contribution is 7.92. The number of carbonyl (C=O) groups excluding carboxylic acids is 2. The number of hydrogen-bond donors (Lipinski definition) is 1. The van der Waals surface area contributed by atoms with Crippen molar-refractivity contribution >= 4 is 62.3 Å². The molecule has 4 aromatic carbocycles. The van der Waals surface area contributed by atoms with Gasteiger partial charge in [-0.25, -0.2) is 8.42 Å². The van der Waals surface area contributed by atoms with E-state index in [2.05, 4.69) is 5.32 Å². The number of aryl methyl sites for hydroxylation is 2. The lowest BCUT2D eigenvalue weighted by Gasteiger charge is -2.34. The summed E-state index contributed by atoms with van der Waals surface area (Å²) in [6, 6.07) is 24.4. The van der Waals surface area contributed by atoms with Crippen LogP contribution in [0.15, 0.2) is 95.9 Å². The van der Waals surface area contributed by atoms with Gasteiger partial charge in [-0.2, -0.15) is 0 Å². The molecule has 0 radical (unpaired) electrons. The minimum absolute atomic E-state index is 0.0129. The Balaban J connectivity index is 1.84. The van der Waals surface area contributed by atoms with Crippen LogP contribution >= 0.6 is 34.8 Å². The number of nitrogens with zero attached hydrogens (tertiary/aromatic N) is 2. The Morgan fingerprint density at radius 3 is 2.11 bits per heavy atom. The zero-order valence-electron chi connectivity index (χ0n) is 26.7. The molecule has 0 heterocycles. The summed E-state index contributed by atoms with van der Waals surface area (Å²) in [6.07, 6.45) is 0.874. The van der Waals surface area contributed by atoms with E-state index in [1.165, 1.54) is 23.1 Å². The van der Waals surface area contributed by atoms with Crippen molar-refractivity contribution in [3.63, 3.8) is 0 Å². The number of halogens is 3. The molecule has 0 aliphatic rings. The van der Waals surface area contributed by atoms with Crippen LogP contribution in [-0.4, -0.2) is 43.8 Å². The Morgan fingerprint density at radius 2 is 1.49 bits per heavy atom. The van der Waals surface area contributed by atoms with Crippen molar-refractivity contribution in [2.24, 2.45) is 0 Å². The molecule has 248 valence electrons. The van der Waals surface area contributed by atoms with Gasteiger partial charge in [-0.15, -0.1) is 0 Å². The second kappa shape index (κ2) is 16.0. The maximum atomic E-state index is 14.6. The summed E-state index contributed by atoms with van der Waals surface area (Å²) in [5.74, 6) is -0.952. The van der Waals surface area contributed by atoms with Crippen LogP contribution in [0, 0.1) is 13.8 Å². The zero-order valence-corrected chi connectivity index (χ0v) is 29.8. The predicted octanol–water partition coefficient (Wildman–Crippen LogP) is 8.01. The van der Waals surface area contributed by atoms with Crippen LogP contribution in [-0.2, 0) is 32.6 Å². The van der Waals surface area contributed by atoms with E-state index in [4.69, 9.17) is 34.8 Å². The van der Waals surface area contributed by atoms with Gasteiger partial charge in [0.1, 0.15) is 12.6 Å². The molecule has 1 N–H and O–H groups in total. The molecule has 7 nitrogen and oxygen atoms in total. The molecule has 0 saturated carbocycles. The van der Waals surface area contributed by atoms with E-state index in [1.807, 2.05) is 51.1 Å². The van der Waals surface area contributed by atoms with E-state index in [0.29, 0.717) is 22.0 Å². The predicted molar refractivity (Wildman–Crippen MR) is 191 cm³/mol. The molecule has 0 spiro atoms. The molecule has 2 amide bonds. The summed E-state index contributed by atoms with van der Waals surface area (Å²) in [7, 11) is -4.25. The molecule has 47 heavy (non-hydrogen) atoms. The van der Waals surface area contributed by atoms with Crippen LogP contribution in [0.4, 0.5) is 5.69 Å². The van der Waals surface area contributed by atoms with E-state index in [0.717, 1.165) is 21.0 Å². The van der Waals surface area contributed by atoms with E-state index < -0.39 is 28.5 Å². The summed E-state index contributed by atoms with van der Waals surface area (Å²) >= 11 is 19.0. The van der Waals surface area contributed by atoms with Crippen LogP contribution < -0.4 is 9.62 Å². The Kier molecular flexibility index (Phi) is 12.4. The minimum Gasteiger partial charge on any atom is -0.352 e. The normalized spacial score (nSPS) is 12.7. The zero-order chi connectivity index (χ0) is 34.3. The molecule has 2 atom stereocenters. The summed E-state index contributed by atoms with van der Waals surface area (Å²) in [5, 5.41) is 4.00. The Labute approximate surface area is 292 Å². The smallest absolute Gasteiger partial charge is 0.264 e. The van der Waals surface area contributed by atoms with Gasteiger partial charge < -0.3 is 10.2 Å². The first-order valence-corrected chi connectivity index (χ1v) is 17.8. The van der Waals surface area contributed by atoms with Gasteiger partial charge in [0, 0.05) is 24.0 Å². The molecule has 0 aliphatic carbocycles. The molecule has 4 aromatic rings. The van der Waals surface area contributed by atoms with Crippen molar-refractivity contribution in [2.75, 3.05) is 10.8 Å². The fourth-order valence-electron chi connectivity index (χ4n) is 4.93. The summed E-state index contributed by atoms with van der Waals surface area (Å²) in [5.41, 5.74) is 3.30. The second-order valence-electron chi connectivity index (χ2n) is 11.6. The molecule has 4 rings (SSSR count). The minimum atomic E-state index is -4.25. The molecular weight excluding hydrogens is 677 g/mol. The molecule has 0 saturated heterocycles. The van der Waals surface area contributed by atoms with Gasteiger partial charge in [-0.3, -0.25) is 13.9 Å². The fourth-order valence-corrected chi connectivity index (χ4v) is 6.83. The number of rotatable bonds is 13. The maximum Gasteiger partial charge on any atom is 0.264 e. The topological polar surface area (TPSA) is 86.8 Å².